The lowest BCUT2D eigenvalue weighted by Crippen LogP contribution is -2.13. The summed E-state index contributed by atoms with van der Waals surface area (Å²) in [6.45, 7) is 0. The van der Waals surface area contributed by atoms with Gasteiger partial charge in [0.25, 0.3) is 0 Å². The number of aromatic hydroxyl groups is 1. The number of phenols is 1. The second-order valence-corrected chi connectivity index (χ2v) is 8.58. The van der Waals surface area contributed by atoms with Crippen LogP contribution in [-0.4, -0.2) is 42.1 Å². The van der Waals surface area contributed by atoms with E-state index in [9.17, 15) is 9.90 Å². The Kier molecular flexibility index (Phi) is 5.88. The molecule has 146 valence electrons. The molecule has 0 atom stereocenters. The highest BCUT2D eigenvalue weighted by Gasteiger charge is 2.14. The van der Waals surface area contributed by atoms with Gasteiger partial charge in [-0.15, -0.1) is 15.3 Å². The van der Waals surface area contributed by atoms with Crippen LogP contribution in [0.4, 0.5) is 5.13 Å². The summed E-state index contributed by atoms with van der Waals surface area (Å²) in [4.78, 5) is 16.5. The number of hydrogen-bond donors (Lipinski definition) is 3. The molecule has 0 bridgehead atoms. The largest absolute Gasteiger partial charge is 0.507 e. The predicted molar refractivity (Wildman–Crippen MR) is 116 cm³/mol. The van der Waals surface area contributed by atoms with Crippen molar-refractivity contribution >= 4 is 50.1 Å². The molecule has 2 aromatic heterocycles. The highest BCUT2D eigenvalue weighted by Crippen LogP contribution is 2.30. The van der Waals surface area contributed by atoms with Crippen molar-refractivity contribution < 1.29 is 9.90 Å². The van der Waals surface area contributed by atoms with E-state index in [4.69, 9.17) is 0 Å². The van der Waals surface area contributed by atoms with Crippen molar-refractivity contribution in [2.45, 2.75) is 5.16 Å². The molecule has 0 aliphatic rings. The zero-order valence-corrected chi connectivity index (χ0v) is 17.9. The molecule has 8 nitrogen and oxygen atoms in total. The van der Waals surface area contributed by atoms with Crippen LogP contribution in [0.15, 0.2) is 58.2 Å². The number of carbonyl (C=O) groups is 1. The van der Waals surface area contributed by atoms with E-state index >= 15 is 0 Å². The number of phenolic OH excluding ortho intramolecular Hbond substituents is 1. The van der Waals surface area contributed by atoms with Gasteiger partial charge >= 0.3 is 0 Å². The van der Waals surface area contributed by atoms with Crippen molar-refractivity contribution in [3.63, 3.8) is 0 Å². The Bertz CT molecular complexity index is 1150. The first-order valence-corrected chi connectivity index (χ1v) is 10.9. The lowest BCUT2D eigenvalue weighted by atomic mass is 10.2. The zero-order valence-electron chi connectivity index (χ0n) is 14.7. The van der Waals surface area contributed by atoms with Crippen LogP contribution in [0.5, 0.6) is 5.75 Å². The molecular weight excluding hydrogens is 476 g/mol. The number of hydrogen-bond acceptors (Lipinski definition) is 8. The van der Waals surface area contributed by atoms with Gasteiger partial charge in [0.15, 0.2) is 5.82 Å². The van der Waals surface area contributed by atoms with Gasteiger partial charge < -0.3 is 5.11 Å². The van der Waals surface area contributed by atoms with Crippen molar-refractivity contribution in [1.29, 1.82) is 0 Å². The fourth-order valence-corrected chi connectivity index (χ4v) is 4.11. The van der Waals surface area contributed by atoms with E-state index in [0.717, 1.165) is 15.0 Å². The van der Waals surface area contributed by atoms with E-state index in [1.165, 1.54) is 23.1 Å². The van der Waals surface area contributed by atoms with Crippen LogP contribution < -0.4 is 5.32 Å². The molecule has 0 spiro atoms. The van der Waals surface area contributed by atoms with Crippen LogP contribution in [0.3, 0.4) is 0 Å². The number of anilines is 1. The van der Waals surface area contributed by atoms with Crippen LogP contribution in [0.2, 0.25) is 0 Å². The predicted octanol–water partition coefficient (Wildman–Crippen LogP) is 4.19. The highest BCUT2D eigenvalue weighted by atomic mass is 79.9. The van der Waals surface area contributed by atoms with Crippen LogP contribution >= 0.6 is 39.0 Å². The van der Waals surface area contributed by atoms with E-state index in [-0.39, 0.29) is 17.4 Å². The van der Waals surface area contributed by atoms with Gasteiger partial charge in [-0.05, 0) is 18.2 Å². The molecule has 4 rings (SSSR count). The summed E-state index contributed by atoms with van der Waals surface area (Å²) in [7, 11) is 0. The number of aromatic nitrogens is 5. The molecule has 0 saturated carbocycles. The minimum Gasteiger partial charge on any atom is -0.507 e. The quantitative estimate of drug-likeness (QED) is 0.348. The van der Waals surface area contributed by atoms with Gasteiger partial charge in [0.2, 0.25) is 16.2 Å². The number of halogens is 1. The van der Waals surface area contributed by atoms with Gasteiger partial charge in [0, 0.05) is 10.0 Å². The third-order valence-electron chi connectivity index (χ3n) is 3.70. The first-order valence-electron chi connectivity index (χ1n) is 8.31. The number of nitrogens with zero attached hydrogens (tertiary/aromatic N) is 4. The second kappa shape index (κ2) is 8.72. The summed E-state index contributed by atoms with van der Waals surface area (Å²) in [5.41, 5.74) is 1.47. The average molecular weight is 489 g/mol. The molecule has 3 N–H and O–H groups in total. The maximum atomic E-state index is 12.2. The summed E-state index contributed by atoms with van der Waals surface area (Å²) in [6, 6.07) is 14.7. The fraction of sp³-hybridized carbons (Fsp3) is 0.0556. The number of benzene rings is 2. The molecule has 0 aliphatic carbocycles. The molecule has 0 unspecified atom stereocenters. The van der Waals surface area contributed by atoms with Crippen LogP contribution in [-0.2, 0) is 4.79 Å². The van der Waals surface area contributed by atoms with Gasteiger partial charge in [-0.3, -0.25) is 15.2 Å². The van der Waals surface area contributed by atoms with Crippen LogP contribution in [0.1, 0.15) is 0 Å². The maximum Gasteiger partial charge on any atom is 0.236 e. The molecule has 29 heavy (non-hydrogen) atoms. The zero-order chi connectivity index (χ0) is 20.2. The summed E-state index contributed by atoms with van der Waals surface area (Å²) in [5, 5.41) is 29.2. The van der Waals surface area contributed by atoms with E-state index in [2.05, 4.69) is 46.6 Å². The fourth-order valence-electron chi connectivity index (χ4n) is 2.39. The molecule has 2 aromatic carbocycles. The summed E-state index contributed by atoms with van der Waals surface area (Å²) in [6.07, 6.45) is 0. The summed E-state index contributed by atoms with van der Waals surface area (Å²) < 4.78 is 0.808. The Labute approximate surface area is 181 Å². The van der Waals surface area contributed by atoms with Crippen molar-refractivity contribution in [2.75, 3.05) is 11.1 Å². The molecular formula is C18H13BrN6O2S2. The van der Waals surface area contributed by atoms with Crippen molar-refractivity contribution in [2.24, 2.45) is 0 Å². The normalized spacial score (nSPS) is 10.8. The molecule has 2 heterocycles. The Morgan fingerprint density at radius 1 is 1.21 bits per heavy atom. The van der Waals surface area contributed by atoms with E-state index in [1.54, 1.807) is 18.2 Å². The molecule has 0 aliphatic heterocycles. The van der Waals surface area contributed by atoms with E-state index < -0.39 is 0 Å². The number of H-pyrrole nitrogens is 1. The number of nitrogens with one attached hydrogen (secondary N) is 2. The maximum absolute atomic E-state index is 12.2. The first kappa shape index (κ1) is 19.6. The molecule has 0 fully saturated rings. The molecule has 4 aromatic rings. The molecule has 1 amide bonds. The van der Waals surface area contributed by atoms with Gasteiger partial charge in [0.05, 0.1) is 11.3 Å². The van der Waals surface area contributed by atoms with Crippen LogP contribution in [0.25, 0.3) is 22.0 Å². The monoisotopic (exact) mass is 488 g/mol. The number of thioether (sulfide) groups is 1. The first-order chi connectivity index (χ1) is 14.1. The third kappa shape index (κ3) is 4.81. The van der Waals surface area contributed by atoms with E-state index in [1.807, 2.05) is 30.3 Å². The SMILES string of the molecule is O=C(CSc1n[nH]c(-c2cc(Br)ccc2O)n1)Nc1nnc(-c2ccccc2)s1. The minimum absolute atomic E-state index is 0.0872. The van der Waals surface area contributed by atoms with Gasteiger partial charge in [-0.25, -0.2) is 4.98 Å². The van der Waals surface area contributed by atoms with Crippen molar-refractivity contribution in [1.82, 2.24) is 25.4 Å². The van der Waals surface area contributed by atoms with Crippen LogP contribution in [0, 0.1) is 0 Å². The standard InChI is InChI=1S/C18H13BrN6O2S2/c19-11-6-7-13(26)12(8-11)15-21-17(24-22-15)28-9-14(27)20-18-25-23-16(29-18)10-4-2-1-3-5-10/h1-8,26H,9H2,(H,20,25,27)(H,21,22,24). The molecule has 0 radical (unpaired) electrons. The van der Waals surface area contributed by atoms with E-state index in [0.29, 0.717) is 21.7 Å². The smallest absolute Gasteiger partial charge is 0.236 e. The Balaban J connectivity index is 1.35. The van der Waals surface area contributed by atoms with Crippen molar-refractivity contribution in [3.05, 3.63) is 53.0 Å². The summed E-state index contributed by atoms with van der Waals surface area (Å²) in [5.74, 6) is 0.386. The van der Waals surface area contributed by atoms with Gasteiger partial charge in [-0.2, -0.15) is 0 Å². The van der Waals surface area contributed by atoms with Gasteiger partial charge in [0.1, 0.15) is 10.8 Å². The number of rotatable bonds is 6. The minimum atomic E-state index is -0.234. The third-order valence-corrected chi connectivity index (χ3v) is 5.93. The second-order valence-electron chi connectivity index (χ2n) is 5.74. The highest BCUT2D eigenvalue weighted by molar-refractivity contribution is 9.10. The molecule has 11 heteroatoms. The lowest BCUT2D eigenvalue weighted by molar-refractivity contribution is -0.113. The lowest BCUT2D eigenvalue weighted by Gasteiger charge is -2.00. The Morgan fingerprint density at radius 3 is 2.86 bits per heavy atom. The number of amides is 1. The van der Waals surface area contributed by atoms with Gasteiger partial charge in [-0.1, -0.05) is 69.4 Å². The Morgan fingerprint density at radius 2 is 2.03 bits per heavy atom. The number of aromatic amines is 1. The summed E-state index contributed by atoms with van der Waals surface area (Å²) >= 11 is 5.84. The average Bonchev–Trinajstić information content (AvgIpc) is 3.39. The number of carbonyl (C=O) groups excluding carboxylic acids is 1. The Hall–Kier alpha value is -2.76. The van der Waals surface area contributed by atoms with Crippen molar-refractivity contribution in [3.8, 4) is 27.7 Å². The topological polar surface area (TPSA) is 117 Å². The molecule has 0 saturated heterocycles.